The van der Waals surface area contributed by atoms with Crippen LogP contribution in [0.2, 0.25) is 0 Å². The normalized spacial score (nSPS) is 21.9. The first-order valence-corrected chi connectivity index (χ1v) is 7.72. The van der Waals surface area contributed by atoms with Gasteiger partial charge in [-0.3, -0.25) is 4.79 Å². The predicted octanol–water partition coefficient (Wildman–Crippen LogP) is 3.39. The summed E-state index contributed by atoms with van der Waals surface area (Å²) in [6.07, 6.45) is 5.11. The molecule has 3 N–H and O–H groups in total. The first-order valence-electron chi connectivity index (χ1n) is 6.92. The summed E-state index contributed by atoms with van der Waals surface area (Å²) in [6.45, 7) is 0.572. The van der Waals surface area contributed by atoms with Crippen LogP contribution in [0.25, 0.3) is 0 Å². The van der Waals surface area contributed by atoms with Crippen LogP contribution in [0.4, 0.5) is 0 Å². The lowest BCUT2D eigenvalue weighted by Gasteiger charge is -2.27. The Bertz CT molecular complexity index is 442. The van der Waals surface area contributed by atoms with Crippen LogP contribution in [-0.2, 0) is 11.3 Å². The second kappa shape index (κ2) is 8.65. The summed E-state index contributed by atoms with van der Waals surface area (Å²) in [6, 6.07) is 8.14. The van der Waals surface area contributed by atoms with Crippen molar-refractivity contribution in [1.82, 2.24) is 5.32 Å². The molecule has 1 aliphatic carbocycles. The van der Waals surface area contributed by atoms with Gasteiger partial charge in [-0.05, 0) is 30.4 Å². The average Bonchev–Trinajstić information content (AvgIpc) is 2.40. The second-order valence-corrected chi connectivity index (χ2v) is 6.13. The zero-order chi connectivity index (χ0) is 13.7. The molecule has 1 aromatic rings. The van der Waals surface area contributed by atoms with Crippen molar-refractivity contribution in [3.05, 3.63) is 34.3 Å². The van der Waals surface area contributed by atoms with E-state index >= 15 is 0 Å². The van der Waals surface area contributed by atoms with E-state index in [1.165, 1.54) is 12.8 Å². The second-order valence-electron chi connectivity index (χ2n) is 5.28. The van der Waals surface area contributed by atoms with Crippen molar-refractivity contribution in [2.45, 2.75) is 44.7 Å². The molecular weight excluding hydrogens is 340 g/mol. The summed E-state index contributed by atoms with van der Waals surface area (Å²) < 4.78 is 1.03. The molecule has 2 atom stereocenters. The fourth-order valence-electron chi connectivity index (χ4n) is 2.64. The maximum atomic E-state index is 12.0. The number of nitrogens with two attached hydrogens (primary N) is 1. The van der Waals surface area contributed by atoms with E-state index in [0.29, 0.717) is 18.9 Å². The summed E-state index contributed by atoms with van der Waals surface area (Å²) in [5.41, 5.74) is 7.17. The highest BCUT2D eigenvalue weighted by atomic mass is 79.9. The van der Waals surface area contributed by atoms with E-state index in [9.17, 15) is 4.79 Å². The molecule has 1 aromatic carbocycles. The van der Waals surface area contributed by atoms with Crippen LogP contribution in [0.1, 0.15) is 37.7 Å². The molecule has 1 saturated carbocycles. The van der Waals surface area contributed by atoms with Gasteiger partial charge in [0.1, 0.15) is 0 Å². The van der Waals surface area contributed by atoms with E-state index in [1.807, 2.05) is 24.3 Å². The minimum Gasteiger partial charge on any atom is -0.352 e. The highest BCUT2D eigenvalue weighted by Gasteiger charge is 2.23. The standard InChI is InChI=1S/C15H21BrN2O.ClH/c16-13-7-3-1-6-12(13)10-18-15(19)9-11-5-2-4-8-14(11)17;/h1,3,6-7,11,14H,2,4-5,8-10,17H2,(H,18,19);1H. The van der Waals surface area contributed by atoms with E-state index in [-0.39, 0.29) is 24.4 Å². The van der Waals surface area contributed by atoms with Gasteiger partial charge in [0.2, 0.25) is 5.91 Å². The van der Waals surface area contributed by atoms with Gasteiger partial charge < -0.3 is 11.1 Å². The molecule has 20 heavy (non-hydrogen) atoms. The van der Waals surface area contributed by atoms with Gasteiger partial charge in [0.05, 0.1) is 0 Å². The Morgan fingerprint density at radius 3 is 2.70 bits per heavy atom. The Morgan fingerprint density at radius 1 is 1.30 bits per heavy atom. The SMILES string of the molecule is Cl.NC1CCCCC1CC(=O)NCc1ccccc1Br. The molecule has 2 unspecified atom stereocenters. The van der Waals surface area contributed by atoms with Crippen molar-refractivity contribution >= 4 is 34.2 Å². The Hall–Kier alpha value is -0.580. The van der Waals surface area contributed by atoms with Gasteiger partial charge in [-0.25, -0.2) is 0 Å². The van der Waals surface area contributed by atoms with Crippen LogP contribution in [0.3, 0.4) is 0 Å². The average molecular weight is 362 g/mol. The number of nitrogens with one attached hydrogen (secondary N) is 1. The number of amides is 1. The lowest BCUT2D eigenvalue weighted by molar-refractivity contribution is -0.122. The first kappa shape index (κ1) is 17.5. The zero-order valence-corrected chi connectivity index (χ0v) is 13.9. The quantitative estimate of drug-likeness (QED) is 0.863. The van der Waals surface area contributed by atoms with Crippen molar-refractivity contribution in [2.75, 3.05) is 0 Å². The molecule has 3 nitrogen and oxygen atoms in total. The molecular formula is C15H22BrClN2O. The maximum absolute atomic E-state index is 12.0. The number of hydrogen-bond acceptors (Lipinski definition) is 2. The molecule has 0 aliphatic heterocycles. The Balaban J connectivity index is 0.00000200. The topological polar surface area (TPSA) is 55.1 Å². The number of benzene rings is 1. The molecule has 2 rings (SSSR count). The lowest BCUT2D eigenvalue weighted by atomic mass is 9.83. The van der Waals surface area contributed by atoms with Crippen LogP contribution in [0.15, 0.2) is 28.7 Å². The van der Waals surface area contributed by atoms with Crippen LogP contribution < -0.4 is 11.1 Å². The van der Waals surface area contributed by atoms with Crippen molar-refractivity contribution in [3.8, 4) is 0 Å². The molecule has 1 aliphatic rings. The summed E-state index contributed by atoms with van der Waals surface area (Å²) >= 11 is 3.48. The van der Waals surface area contributed by atoms with E-state index in [2.05, 4.69) is 21.2 Å². The highest BCUT2D eigenvalue weighted by molar-refractivity contribution is 9.10. The van der Waals surface area contributed by atoms with Gasteiger partial charge in [-0.2, -0.15) is 0 Å². The fraction of sp³-hybridized carbons (Fsp3) is 0.533. The fourth-order valence-corrected chi connectivity index (χ4v) is 3.06. The summed E-state index contributed by atoms with van der Waals surface area (Å²) in [5.74, 6) is 0.464. The van der Waals surface area contributed by atoms with E-state index in [1.54, 1.807) is 0 Å². The number of rotatable bonds is 4. The maximum Gasteiger partial charge on any atom is 0.220 e. The van der Waals surface area contributed by atoms with Gasteiger partial charge in [0, 0.05) is 23.5 Å². The molecule has 0 spiro atoms. The van der Waals surface area contributed by atoms with Gasteiger partial charge >= 0.3 is 0 Å². The van der Waals surface area contributed by atoms with E-state index < -0.39 is 0 Å². The molecule has 5 heteroatoms. The lowest BCUT2D eigenvalue weighted by Crippen LogP contribution is -2.37. The summed E-state index contributed by atoms with van der Waals surface area (Å²) in [7, 11) is 0. The number of hydrogen-bond donors (Lipinski definition) is 2. The third-order valence-corrected chi connectivity index (χ3v) is 4.62. The zero-order valence-electron chi connectivity index (χ0n) is 11.5. The minimum atomic E-state index is 0. The van der Waals surface area contributed by atoms with Gasteiger partial charge in [-0.1, -0.05) is 47.0 Å². The van der Waals surface area contributed by atoms with Crippen LogP contribution in [0, 0.1) is 5.92 Å². The third kappa shape index (κ3) is 5.08. The van der Waals surface area contributed by atoms with Gasteiger partial charge in [0.15, 0.2) is 0 Å². The predicted molar refractivity (Wildman–Crippen MR) is 87.8 cm³/mol. The monoisotopic (exact) mass is 360 g/mol. The van der Waals surface area contributed by atoms with Crippen LogP contribution in [-0.4, -0.2) is 11.9 Å². The van der Waals surface area contributed by atoms with Crippen LogP contribution in [0.5, 0.6) is 0 Å². The first-order chi connectivity index (χ1) is 9.16. The van der Waals surface area contributed by atoms with E-state index in [4.69, 9.17) is 5.73 Å². The molecule has 1 fully saturated rings. The van der Waals surface area contributed by atoms with Crippen molar-refractivity contribution < 1.29 is 4.79 Å². The summed E-state index contributed by atoms with van der Waals surface area (Å²) in [4.78, 5) is 12.0. The third-order valence-electron chi connectivity index (χ3n) is 3.85. The van der Waals surface area contributed by atoms with Crippen LogP contribution >= 0.6 is 28.3 Å². The summed E-state index contributed by atoms with van der Waals surface area (Å²) in [5, 5.41) is 2.98. The molecule has 0 aromatic heterocycles. The largest absolute Gasteiger partial charge is 0.352 e. The Labute approximate surface area is 135 Å². The molecule has 0 bridgehead atoms. The molecule has 1 amide bonds. The Kier molecular flexibility index (Phi) is 7.56. The molecule has 0 radical (unpaired) electrons. The van der Waals surface area contributed by atoms with Gasteiger partial charge in [0.25, 0.3) is 0 Å². The Morgan fingerprint density at radius 2 is 2.00 bits per heavy atom. The van der Waals surface area contributed by atoms with Gasteiger partial charge in [-0.15, -0.1) is 12.4 Å². The smallest absolute Gasteiger partial charge is 0.220 e. The molecule has 112 valence electrons. The molecule has 0 heterocycles. The number of carbonyl (C=O) groups is 1. The molecule has 0 saturated heterocycles. The number of halogens is 2. The minimum absolute atomic E-state index is 0. The van der Waals surface area contributed by atoms with Crippen molar-refractivity contribution in [2.24, 2.45) is 11.7 Å². The highest BCUT2D eigenvalue weighted by Crippen LogP contribution is 2.25. The number of carbonyl (C=O) groups excluding carboxylic acids is 1. The van der Waals surface area contributed by atoms with Crippen molar-refractivity contribution in [1.29, 1.82) is 0 Å². The van der Waals surface area contributed by atoms with E-state index in [0.717, 1.165) is 22.9 Å². The van der Waals surface area contributed by atoms with Crippen molar-refractivity contribution in [3.63, 3.8) is 0 Å².